The fourth-order valence-corrected chi connectivity index (χ4v) is 4.07. The molecule has 116 valence electrons. The zero-order valence-electron chi connectivity index (χ0n) is 12.2. The molecule has 5 nitrogen and oxygen atoms in total. The van der Waals surface area contributed by atoms with Gasteiger partial charge in [0.25, 0.3) is 0 Å². The predicted octanol–water partition coefficient (Wildman–Crippen LogP) is 1.54. The van der Waals surface area contributed by atoms with Crippen molar-refractivity contribution >= 4 is 12.1 Å². The Hall–Kier alpha value is 0.150. The molecule has 0 aromatic heterocycles. The number of ether oxygens (including phenoxy) is 3. The second-order valence-corrected chi connectivity index (χ2v) is 6.94. The summed E-state index contributed by atoms with van der Waals surface area (Å²) in [6, 6.07) is 0. The van der Waals surface area contributed by atoms with Crippen molar-refractivity contribution < 1.29 is 14.2 Å². The van der Waals surface area contributed by atoms with Gasteiger partial charge in [0, 0.05) is 51.5 Å². The summed E-state index contributed by atoms with van der Waals surface area (Å²) < 4.78 is 21.9. The molecule has 20 heavy (non-hydrogen) atoms. The van der Waals surface area contributed by atoms with Crippen LogP contribution in [0.15, 0.2) is 0 Å². The zero-order valence-corrected chi connectivity index (χ0v) is 13.0. The summed E-state index contributed by atoms with van der Waals surface area (Å²) in [7, 11) is 0. The van der Waals surface area contributed by atoms with Crippen LogP contribution >= 0.6 is 12.1 Å². The van der Waals surface area contributed by atoms with Crippen LogP contribution in [0.25, 0.3) is 0 Å². The third-order valence-corrected chi connectivity index (χ3v) is 5.19. The normalized spacial score (nSPS) is 32.2. The summed E-state index contributed by atoms with van der Waals surface area (Å²) in [5, 5.41) is 0. The van der Waals surface area contributed by atoms with Gasteiger partial charge in [0.2, 0.25) is 0 Å². The second kappa shape index (κ2) is 7.96. The molecule has 0 aromatic carbocycles. The molecule has 3 aliphatic heterocycles. The molecule has 0 bridgehead atoms. The summed E-state index contributed by atoms with van der Waals surface area (Å²) in [6.07, 6.45) is 5.63. The molecule has 0 saturated carbocycles. The van der Waals surface area contributed by atoms with E-state index >= 15 is 0 Å². The number of hydrogen-bond acceptors (Lipinski definition) is 6. The minimum atomic E-state index is 0.407. The molecule has 3 fully saturated rings. The Kier molecular flexibility index (Phi) is 6.00. The molecule has 0 radical (unpaired) electrons. The first kappa shape index (κ1) is 15.1. The van der Waals surface area contributed by atoms with Crippen LogP contribution in [0.2, 0.25) is 0 Å². The van der Waals surface area contributed by atoms with Crippen molar-refractivity contribution in [3.05, 3.63) is 0 Å². The fourth-order valence-electron chi connectivity index (χ4n) is 2.96. The molecule has 2 unspecified atom stereocenters. The van der Waals surface area contributed by atoms with Crippen molar-refractivity contribution in [1.82, 2.24) is 8.61 Å². The van der Waals surface area contributed by atoms with E-state index in [0.717, 1.165) is 52.6 Å². The van der Waals surface area contributed by atoms with Gasteiger partial charge in [0.05, 0.1) is 25.4 Å². The highest BCUT2D eigenvalue weighted by Gasteiger charge is 2.26. The van der Waals surface area contributed by atoms with Crippen LogP contribution in [0.4, 0.5) is 0 Å². The second-order valence-electron chi connectivity index (χ2n) is 5.74. The van der Waals surface area contributed by atoms with Gasteiger partial charge in [0.15, 0.2) is 0 Å². The van der Waals surface area contributed by atoms with Crippen LogP contribution in [0.3, 0.4) is 0 Å². The fraction of sp³-hybridized carbons (Fsp3) is 1.00. The van der Waals surface area contributed by atoms with Gasteiger partial charge >= 0.3 is 0 Å². The molecule has 0 amide bonds. The topological polar surface area (TPSA) is 34.2 Å². The van der Waals surface area contributed by atoms with Crippen molar-refractivity contribution in [3.8, 4) is 0 Å². The van der Waals surface area contributed by atoms with E-state index in [1.807, 2.05) is 12.1 Å². The standard InChI is InChI=1S/C14H26N2O3S/c1-3-13(18-7-1)11-16(12-14-4-2-8-19-14)20-15-5-9-17-10-6-15/h13-14H,1-12H2. The third-order valence-electron chi connectivity index (χ3n) is 4.06. The van der Waals surface area contributed by atoms with Crippen molar-refractivity contribution in [2.75, 3.05) is 52.6 Å². The van der Waals surface area contributed by atoms with E-state index in [-0.39, 0.29) is 0 Å². The van der Waals surface area contributed by atoms with Gasteiger partial charge in [-0.05, 0) is 25.7 Å². The average Bonchev–Trinajstić information content (AvgIpc) is 3.13. The molecule has 0 aliphatic carbocycles. The monoisotopic (exact) mass is 302 g/mol. The Bertz CT molecular complexity index is 260. The molecule has 0 spiro atoms. The summed E-state index contributed by atoms with van der Waals surface area (Å²) in [5.41, 5.74) is 0. The average molecular weight is 302 g/mol. The van der Waals surface area contributed by atoms with Gasteiger partial charge in [0.1, 0.15) is 0 Å². The maximum atomic E-state index is 5.80. The van der Waals surface area contributed by atoms with E-state index in [1.54, 1.807) is 0 Å². The molecule has 0 N–H and O–H groups in total. The van der Waals surface area contributed by atoms with E-state index in [4.69, 9.17) is 14.2 Å². The molecule has 3 heterocycles. The summed E-state index contributed by atoms with van der Waals surface area (Å²) in [4.78, 5) is 0. The van der Waals surface area contributed by atoms with Crippen LogP contribution in [-0.4, -0.2) is 73.4 Å². The van der Waals surface area contributed by atoms with Crippen LogP contribution < -0.4 is 0 Å². The first-order chi connectivity index (χ1) is 9.90. The summed E-state index contributed by atoms with van der Waals surface area (Å²) in [5.74, 6) is 0. The van der Waals surface area contributed by atoms with Crippen molar-refractivity contribution in [2.24, 2.45) is 0 Å². The Morgan fingerprint density at radius 3 is 2.00 bits per heavy atom. The Morgan fingerprint density at radius 1 is 0.900 bits per heavy atom. The predicted molar refractivity (Wildman–Crippen MR) is 79.5 cm³/mol. The highest BCUT2D eigenvalue weighted by Crippen LogP contribution is 2.24. The van der Waals surface area contributed by atoms with Gasteiger partial charge in [-0.2, -0.15) is 0 Å². The number of nitrogens with zero attached hydrogens (tertiary/aromatic N) is 2. The van der Waals surface area contributed by atoms with Crippen LogP contribution in [0, 0.1) is 0 Å². The third kappa shape index (κ3) is 4.58. The number of morpholine rings is 1. The van der Waals surface area contributed by atoms with Gasteiger partial charge in [-0.3, -0.25) is 0 Å². The first-order valence-corrected chi connectivity index (χ1v) is 8.62. The van der Waals surface area contributed by atoms with Crippen LogP contribution in [-0.2, 0) is 14.2 Å². The van der Waals surface area contributed by atoms with E-state index in [2.05, 4.69) is 8.61 Å². The van der Waals surface area contributed by atoms with E-state index in [9.17, 15) is 0 Å². The molecule has 6 heteroatoms. The van der Waals surface area contributed by atoms with E-state index in [0.29, 0.717) is 12.2 Å². The molecule has 3 rings (SSSR count). The van der Waals surface area contributed by atoms with Crippen molar-refractivity contribution in [3.63, 3.8) is 0 Å². The minimum absolute atomic E-state index is 0.407. The van der Waals surface area contributed by atoms with Crippen LogP contribution in [0.1, 0.15) is 25.7 Å². The number of rotatable bonds is 6. The zero-order chi connectivity index (χ0) is 13.6. The van der Waals surface area contributed by atoms with Gasteiger partial charge in [-0.15, -0.1) is 0 Å². The summed E-state index contributed by atoms with van der Waals surface area (Å²) >= 11 is 1.87. The van der Waals surface area contributed by atoms with Gasteiger partial charge in [-0.25, -0.2) is 8.61 Å². The highest BCUT2D eigenvalue weighted by atomic mass is 32.2. The Labute approximate surface area is 126 Å². The van der Waals surface area contributed by atoms with Crippen LogP contribution in [0.5, 0.6) is 0 Å². The Balaban J connectivity index is 1.50. The maximum absolute atomic E-state index is 5.80. The maximum Gasteiger partial charge on any atom is 0.0712 e. The first-order valence-electron chi connectivity index (χ1n) is 7.89. The molecule has 3 aliphatic rings. The minimum Gasteiger partial charge on any atom is -0.379 e. The van der Waals surface area contributed by atoms with Gasteiger partial charge < -0.3 is 14.2 Å². The largest absolute Gasteiger partial charge is 0.379 e. The lowest BCUT2D eigenvalue weighted by atomic mass is 10.2. The Morgan fingerprint density at radius 2 is 1.50 bits per heavy atom. The quantitative estimate of drug-likeness (QED) is 0.693. The van der Waals surface area contributed by atoms with Crippen molar-refractivity contribution in [1.29, 1.82) is 0 Å². The molecular weight excluding hydrogens is 276 g/mol. The molecule has 3 saturated heterocycles. The lowest BCUT2D eigenvalue weighted by molar-refractivity contribution is 0.0604. The SMILES string of the molecule is C1COC(CN(CC2CCCO2)SN2CCOCC2)C1. The van der Waals surface area contributed by atoms with Crippen molar-refractivity contribution in [2.45, 2.75) is 37.9 Å². The lowest BCUT2D eigenvalue weighted by Crippen LogP contribution is -2.39. The summed E-state index contributed by atoms with van der Waals surface area (Å²) in [6.45, 7) is 7.61. The molecular formula is C14H26N2O3S. The smallest absolute Gasteiger partial charge is 0.0712 e. The van der Waals surface area contributed by atoms with E-state index in [1.165, 1.54) is 25.7 Å². The number of hydrogen-bond donors (Lipinski definition) is 0. The molecule has 2 atom stereocenters. The highest BCUT2D eigenvalue weighted by molar-refractivity contribution is 7.94. The van der Waals surface area contributed by atoms with Gasteiger partial charge in [-0.1, -0.05) is 0 Å². The molecule has 0 aromatic rings. The van der Waals surface area contributed by atoms with E-state index < -0.39 is 0 Å². The lowest BCUT2D eigenvalue weighted by Gasteiger charge is -2.33.